The number of thiocarbonyl (C=S) groups is 1. The lowest BCUT2D eigenvalue weighted by molar-refractivity contribution is 0.0945. The van der Waals surface area contributed by atoms with E-state index in [1.165, 1.54) is 0 Å². The molecule has 0 saturated heterocycles. The number of hydrogen-bond acceptors (Lipinski definition) is 3. The first-order valence-electron chi connectivity index (χ1n) is 6.40. The van der Waals surface area contributed by atoms with Crippen molar-refractivity contribution in [1.29, 1.82) is 0 Å². The van der Waals surface area contributed by atoms with E-state index in [0.29, 0.717) is 10.7 Å². The molecule has 0 atom stereocenters. The molecule has 0 aromatic heterocycles. The molecule has 0 aliphatic carbocycles. The lowest BCUT2D eigenvalue weighted by Crippen LogP contribution is -2.43. The van der Waals surface area contributed by atoms with Crippen molar-refractivity contribution in [2.75, 3.05) is 17.7 Å². The van der Waals surface area contributed by atoms with Crippen molar-refractivity contribution in [1.82, 2.24) is 10.9 Å². The maximum atomic E-state index is 12.1. The Morgan fingerprint density at radius 1 is 0.952 bits per heavy atom. The van der Waals surface area contributed by atoms with E-state index in [1.807, 2.05) is 42.5 Å². The van der Waals surface area contributed by atoms with Crippen molar-refractivity contribution in [2.24, 2.45) is 0 Å². The van der Waals surface area contributed by atoms with Gasteiger partial charge in [-0.1, -0.05) is 30.3 Å². The van der Waals surface area contributed by atoms with Crippen LogP contribution in [0.3, 0.4) is 0 Å². The third-order valence-electron chi connectivity index (χ3n) is 2.76. The Morgan fingerprint density at radius 2 is 1.62 bits per heavy atom. The zero-order valence-electron chi connectivity index (χ0n) is 11.5. The Morgan fingerprint density at radius 3 is 2.33 bits per heavy atom. The average molecular weight is 300 g/mol. The van der Waals surface area contributed by atoms with Gasteiger partial charge in [-0.2, -0.15) is 0 Å². The molecule has 0 aliphatic rings. The predicted octanol–water partition coefficient (Wildman–Crippen LogP) is 2.36. The van der Waals surface area contributed by atoms with Crippen LogP contribution in [-0.2, 0) is 0 Å². The van der Waals surface area contributed by atoms with E-state index in [1.54, 1.807) is 19.2 Å². The van der Waals surface area contributed by atoms with Crippen molar-refractivity contribution < 1.29 is 4.79 Å². The van der Waals surface area contributed by atoms with Crippen LogP contribution >= 0.6 is 12.2 Å². The highest BCUT2D eigenvalue weighted by Crippen LogP contribution is 2.13. The fourth-order valence-electron chi connectivity index (χ4n) is 1.76. The standard InChI is InChI=1S/C15H16N4OS/c1-16-13-10-6-5-9-12(13)14(20)18-19-15(21)17-11-7-3-2-4-8-11/h2-10,16H,1H3,(H,18,20)(H2,17,19,21). The molecule has 2 aromatic rings. The highest BCUT2D eigenvalue weighted by atomic mass is 32.1. The summed E-state index contributed by atoms with van der Waals surface area (Å²) < 4.78 is 0. The first kappa shape index (κ1) is 14.8. The van der Waals surface area contributed by atoms with E-state index in [0.717, 1.165) is 11.4 Å². The summed E-state index contributed by atoms with van der Waals surface area (Å²) in [6.45, 7) is 0. The first-order chi connectivity index (χ1) is 10.2. The van der Waals surface area contributed by atoms with Gasteiger partial charge in [0.15, 0.2) is 5.11 Å². The molecule has 0 aliphatic heterocycles. The Bertz CT molecular complexity index is 631. The number of rotatable bonds is 3. The highest BCUT2D eigenvalue weighted by Gasteiger charge is 2.09. The maximum Gasteiger partial charge on any atom is 0.271 e. The molecule has 21 heavy (non-hydrogen) atoms. The third-order valence-corrected chi connectivity index (χ3v) is 2.97. The average Bonchev–Trinajstić information content (AvgIpc) is 2.53. The number of anilines is 2. The van der Waals surface area contributed by atoms with Crippen LogP contribution in [0.4, 0.5) is 11.4 Å². The maximum absolute atomic E-state index is 12.1. The van der Waals surface area contributed by atoms with E-state index in [2.05, 4.69) is 21.5 Å². The van der Waals surface area contributed by atoms with Crippen molar-refractivity contribution in [2.45, 2.75) is 0 Å². The molecule has 6 heteroatoms. The van der Waals surface area contributed by atoms with Gasteiger partial charge in [-0.05, 0) is 36.5 Å². The first-order valence-corrected chi connectivity index (χ1v) is 6.80. The number of carbonyl (C=O) groups is 1. The summed E-state index contributed by atoms with van der Waals surface area (Å²) in [5, 5.41) is 6.25. The lowest BCUT2D eigenvalue weighted by Gasteiger charge is -2.13. The van der Waals surface area contributed by atoms with E-state index >= 15 is 0 Å². The molecular formula is C15H16N4OS. The number of nitrogens with one attached hydrogen (secondary N) is 4. The summed E-state index contributed by atoms with van der Waals surface area (Å²) in [7, 11) is 1.77. The fourth-order valence-corrected chi connectivity index (χ4v) is 1.93. The van der Waals surface area contributed by atoms with Crippen LogP contribution in [0.25, 0.3) is 0 Å². The van der Waals surface area contributed by atoms with Crippen LogP contribution < -0.4 is 21.5 Å². The van der Waals surface area contributed by atoms with E-state index in [-0.39, 0.29) is 5.91 Å². The molecule has 0 spiro atoms. The Kier molecular flexibility index (Phi) is 5.11. The molecular weight excluding hydrogens is 284 g/mol. The molecule has 2 rings (SSSR count). The van der Waals surface area contributed by atoms with Crippen molar-refractivity contribution >= 4 is 34.6 Å². The van der Waals surface area contributed by atoms with Gasteiger partial charge in [0, 0.05) is 18.4 Å². The monoisotopic (exact) mass is 300 g/mol. The van der Waals surface area contributed by atoms with Crippen LogP contribution in [0.15, 0.2) is 54.6 Å². The Labute approximate surface area is 128 Å². The Hall–Kier alpha value is -2.60. The van der Waals surface area contributed by atoms with Crippen LogP contribution in [-0.4, -0.2) is 18.1 Å². The van der Waals surface area contributed by atoms with Crippen LogP contribution in [0.2, 0.25) is 0 Å². The van der Waals surface area contributed by atoms with E-state index < -0.39 is 0 Å². The van der Waals surface area contributed by atoms with Gasteiger partial charge in [0.25, 0.3) is 5.91 Å². The van der Waals surface area contributed by atoms with Gasteiger partial charge in [-0.15, -0.1) is 0 Å². The van der Waals surface area contributed by atoms with Gasteiger partial charge in [0.1, 0.15) is 0 Å². The smallest absolute Gasteiger partial charge is 0.271 e. The molecule has 5 nitrogen and oxygen atoms in total. The molecule has 1 amide bonds. The zero-order valence-corrected chi connectivity index (χ0v) is 12.3. The number of hydrazine groups is 1. The normalized spacial score (nSPS) is 9.57. The van der Waals surface area contributed by atoms with Gasteiger partial charge < -0.3 is 10.6 Å². The lowest BCUT2D eigenvalue weighted by atomic mass is 10.1. The van der Waals surface area contributed by atoms with Crippen molar-refractivity contribution in [3.63, 3.8) is 0 Å². The molecule has 0 radical (unpaired) electrons. The predicted molar refractivity (Wildman–Crippen MR) is 89.3 cm³/mol. The largest absolute Gasteiger partial charge is 0.387 e. The van der Waals surface area contributed by atoms with Crippen molar-refractivity contribution in [3.05, 3.63) is 60.2 Å². The minimum Gasteiger partial charge on any atom is -0.387 e. The van der Waals surface area contributed by atoms with Gasteiger partial charge in [-0.3, -0.25) is 15.6 Å². The summed E-state index contributed by atoms with van der Waals surface area (Å²) in [6.07, 6.45) is 0. The molecule has 0 unspecified atom stereocenters. The molecule has 0 bridgehead atoms. The second kappa shape index (κ2) is 7.25. The molecule has 0 heterocycles. The second-order valence-electron chi connectivity index (χ2n) is 4.19. The summed E-state index contributed by atoms with van der Waals surface area (Å²) >= 11 is 5.11. The van der Waals surface area contributed by atoms with Crippen molar-refractivity contribution in [3.8, 4) is 0 Å². The zero-order chi connectivity index (χ0) is 15.1. The fraction of sp³-hybridized carbons (Fsp3) is 0.0667. The highest BCUT2D eigenvalue weighted by molar-refractivity contribution is 7.80. The second-order valence-corrected chi connectivity index (χ2v) is 4.60. The van der Waals surface area contributed by atoms with Crippen LogP contribution in [0, 0.1) is 0 Å². The summed E-state index contributed by atoms with van der Waals surface area (Å²) in [4.78, 5) is 12.1. The van der Waals surface area contributed by atoms with Gasteiger partial charge >= 0.3 is 0 Å². The minimum absolute atomic E-state index is 0.267. The van der Waals surface area contributed by atoms with Gasteiger partial charge in [-0.25, -0.2) is 0 Å². The van der Waals surface area contributed by atoms with Gasteiger partial charge in [0.2, 0.25) is 0 Å². The molecule has 2 aromatic carbocycles. The number of hydrogen-bond donors (Lipinski definition) is 4. The van der Waals surface area contributed by atoms with Crippen LogP contribution in [0.5, 0.6) is 0 Å². The molecule has 108 valence electrons. The quantitative estimate of drug-likeness (QED) is 0.518. The Balaban J connectivity index is 1.90. The number of benzene rings is 2. The third kappa shape index (κ3) is 4.19. The topological polar surface area (TPSA) is 65.2 Å². The van der Waals surface area contributed by atoms with Crippen LogP contribution in [0.1, 0.15) is 10.4 Å². The molecule has 0 saturated carbocycles. The van der Waals surface area contributed by atoms with E-state index in [9.17, 15) is 4.79 Å². The van der Waals surface area contributed by atoms with Gasteiger partial charge in [0.05, 0.1) is 5.56 Å². The SMILES string of the molecule is CNc1ccccc1C(=O)NNC(=S)Nc1ccccc1. The summed E-state index contributed by atoms with van der Waals surface area (Å²) in [6, 6.07) is 16.7. The number of carbonyl (C=O) groups excluding carboxylic acids is 1. The minimum atomic E-state index is -0.267. The number of amides is 1. The summed E-state index contributed by atoms with van der Waals surface area (Å²) in [5.41, 5.74) is 7.37. The number of para-hydroxylation sites is 2. The summed E-state index contributed by atoms with van der Waals surface area (Å²) in [5.74, 6) is -0.267. The molecule has 0 fully saturated rings. The molecule has 4 N–H and O–H groups in total. The van der Waals surface area contributed by atoms with E-state index in [4.69, 9.17) is 12.2 Å².